The number of pyridine rings is 2. The first-order valence-corrected chi connectivity index (χ1v) is 15.6. The Hall–Kier alpha value is -4.30. The summed E-state index contributed by atoms with van der Waals surface area (Å²) in [5.74, 6) is 3.44. The Bertz CT molecular complexity index is 1510. The lowest BCUT2D eigenvalue weighted by Gasteiger charge is -2.29. The number of hydrogen-bond donors (Lipinski definition) is 0. The zero-order chi connectivity index (χ0) is 31.3. The normalized spacial score (nSPS) is 14.5. The first-order valence-electron chi connectivity index (χ1n) is 15.6. The minimum absolute atomic E-state index is 0.311. The standard InChI is InChI=1S/C35H44N8/c1-10-23(5)26(12-3)28-14-16-30(38-33(28)42-20-18-25(22-36)40-42)35(7,8)31-17-15-29(27(13-4)24(6)11-2)34(39-31)43-21-19-32(37-9)41-43/h14-21,23-24,26-27H,10-13H2,1-8H3. The lowest BCUT2D eigenvalue weighted by atomic mass is 9.80. The summed E-state index contributed by atoms with van der Waals surface area (Å²) in [5, 5.41) is 18.5. The van der Waals surface area contributed by atoms with Crippen molar-refractivity contribution in [2.75, 3.05) is 0 Å². The van der Waals surface area contributed by atoms with Crippen LogP contribution in [0.3, 0.4) is 0 Å². The zero-order valence-corrected chi connectivity index (χ0v) is 26.8. The van der Waals surface area contributed by atoms with Gasteiger partial charge in [-0.2, -0.15) is 10.4 Å². The summed E-state index contributed by atoms with van der Waals surface area (Å²) in [7, 11) is 0. The van der Waals surface area contributed by atoms with E-state index in [1.807, 2.05) is 12.4 Å². The molecule has 0 saturated carbocycles. The van der Waals surface area contributed by atoms with E-state index in [-0.39, 0.29) is 0 Å². The van der Waals surface area contributed by atoms with Gasteiger partial charge in [-0.3, -0.25) is 0 Å². The molecule has 4 heterocycles. The minimum atomic E-state index is -0.558. The fourth-order valence-corrected chi connectivity index (χ4v) is 6.11. The van der Waals surface area contributed by atoms with Gasteiger partial charge in [-0.15, -0.1) is 4.68 Å². The van der Waals surface area contributed by atoms with Crippen molar-refractivity contribution in [3.63, 3.8) is 0 Å². The number of nitrogens with zero attached hydrogens (tertiary/aromatic N) is 8. The molecule has 4 unspecified atom stereocenters. The van der Waals surface area contributed by atoms with Gasteiger partial charge in [-0.1, -0.05) is 73.1 Å². The topological polar surface area (TPSA) is 89.6 Å². The van der Waals surface area contributed by atoms with Crippen molar-refractivity contribution >= 4 is 5.82 Å². The summed E-state index contributed by atoms with van der Waals surface area (Å²) in [6.07, 6.45) is 7.74. The average molecular weight is 577 g/mol. The molecule has 224 valence electrons. The third-order valence-corrected chi connectivity index (χ3v) is 9.26. The molecule has 0 amide bonds. The van der Waals surface area contributed by atoms with Crippen LogP contribution in [0.2, 0.25) is 0 Å². The highest BCUT2D eigenvalue weighted by Gasteiger charge is 2.32. The van der Waals surface area contributed by atoms with Gasteiger partial charge in [-0.05, 0) is 79.7 Å². The molecular weight excluding hydrogens is 532 g/mol. The molecule has 4 rings (SSSR count). The Morgan fingerprint density at radius 2 is 1.26 bits per heavy atom. The van der Waals surface area contributed by atoms with Gasteiger partial charge in [0.15, 0.2) is 17.3 Å². The van der Waals surface area contributed by atoms with E-state index in [9.17, 15) is 5.26 Å². The summed E-state index contributed by atoms with van der Waals surface area (Å²) in [6.45, 7) is 25.2. The molecule has 4 aromatic rings. The highest BCUT2D eigenvalue weighted by Crippen LogP contribution is 2.39. The van der Waals surface area contributed by atoms with Crippen LogP contribution in [0.15, 0.2) is 48.8 Å². The van der Waals surface area contributed by atoms with Crippen molar-refractivity contribution in [2.45, 2.75) is 98.3 Å². The molecule has 0 saturated heterocycles. The summed E-state index contributed by atoms with van der Waals surface area (Å²) in [4.78, 5) is 14.0. The van der Waals surface area contributed by atoms with Gasteiger partial charge in [0.2, 0.25) is 0 Å². The molecular formula is C35H44N8. The van der Waals surface area contributed by atoms with Crippen LogP contribution in [0.1, 0.15) is 121 Å². The maximum absolute atomic E-state index is 9.47. The summed E-state index contributed by atoms with van der Waals surface area (Å²) >= 11 is 0. The van der Waals surface area contributed by atoms with Crippen LogP contribution in [0, 0.1) is 29.7 Å². The van der Waals surface area contributed by atoms with E-state index in [0.717, 1.165) is 59.8 Å². The molecule has 43 heavy (non-hydrogen) atoms. The van der Waals surface area contributed by atoms with Gasteiger partial charge in [0.05, 0.1) is 11.4 Å². The molecule has 0 aliphatic heterocycles. The van der Waals surface area contributed by atoms with Crippen LogP contribution < -0.4 is 0 Å². The van der Waals surface area contributed by atoms with Crippen molar-refractivity contribution in [1.29, 1.82) is 5.26 Å². The Labute approximate surface area is 256 Å². The average Bonchev–Trinajstić information content (AvgIpc) is 3.72. The molecule has 0 N–H and O–H groups in total. The number of nitriles is 1. The Morgan fingerprint density at radius 3 is 1.65 bits per heavy atom. The van der Waals surface area contributed by atoms with E-state index in [2.05, 4.69) is 101 Å². The second-order valence-corrected chi connectivity index (χ2v) is 12.1. The Morgan fingerprint density at radius 1 is 0.767 bits per heavy atom. The van der Waals surface area contributed by atoms with Crippen LogP contribution in [-0.4, -0.2) is 29.5 Å². The molecule has 8 heteroatoms. The minimum Gasteiger partial charge on any atom is -0.359 e. The third kappa shape index (κ3) is 6.25. The third-order valence-electron chi connectivity index (χ3n) is 9.26. The van der Waals surface area contributed by atoms with Gasteiger partial charge < -0.3 is 4.85 Å². The lowest BCUT2D eigenvalue weighted by molar-refractivity contribution is 0.430. The van der Waals surface area contributed by atoms with Crippen molar-refractivity contribution in [1.82, 2.24) is 29.5 Å². The van der Waals surface area contributed by atoms with Crippen molar-refractivity contribution in [3.05, 3.63) is 88.4 Å². The van der Waals surface area contributed by atoms with Gasteiger partial charge >= 0.3 is 0 Å². The highest BCUT2D eigenvalue weighted by atomic mass is 15.3. The SMILES string of the molecule is [C-]#[N+]c1ccn(-c2nc(C(C)(C)c3ccc(C(CC)C(C)CC)c(-n4ccc(C#N)n4)n3)ccc2C(CC)C(C)CC)n1. The number of hydrogen-bond acceptors (Lipinski definition) is 5. The van der Waals surface area contributed by atoms with E-state index in [1.54, 1.807) is 21.5 Å². The quantitative estimate of drug-likeness (QED) is 0.157. The maximum atomic E-state index is 9.47. The lowest BCUT2D eigenvalue weighted by Crippen LogP contribution is -2.25. The summed E-state index contributed by atoms with van der Waals surface area (Å²) in [6, 6.07) is 14.2. The largest absolute Gasteiger partial charge is 0.359 e. The van der Waals surface area contributed by atoms with E-state index >= 15 is 0 Å². The molecule has 0 radical (unpaired) electrons. The fourth-order valence-electron chi connectivity index (χ4n) is 6.11. The van der Waals surface area contributed by atoms with Crippen LogP contribution in [0.4, 0.5) is 5.82 Å². The molecule has 4 aromatic heterocycles. The molecule has 0 aromatic carbocycles. The first-order chi connectivity index (χ1) is 20.6. The first kappa shape index (κ1) is 31.6. The van der Waals surface area contributed by atoms with Crippen LogP contribution in [-0.2, 0) is 5.41 Å². The maximum Gasteiger partial charge on any atom is 0.295 e. The highest BCUT2D eigenvalue weighted by molar-refractivity contribution is 5.46. The molecule has 0 bridgehead atoms. The van der Waals surface area contributed by atoms with Crippen LogP contribution >= 0.6 is 0 Å². The van der Waals surface area contributed by atoms with Crippen LogP contribution in [0.5, 0.6) is 0 Å². The molecule has 0 aliphatic carbocycles. The Kier molecular flexibility index (Phi) is 9.81. The summed E-state index contributed by atoms with van der Waals surface area (Å²) < 4.78 is 3.49. The predicted octanol–water partition coefficient (Wildman–Crippen LogP) is 8.68. The van der Waals surface area contributed by atoms with Gasteiger partial charge in [0, 0.05) is 28.9 Å². The van der Waals surface area contributed by atoms with Crippen LogP contribution in [0.25, 0.3) is 16.5 Å². The second-order valence-electron chi connectivity index (χ2n) is 12.1. The Balaban J connectivity index is 1.90. The van der Waals surface area contributed by atoms with E-state index < -0.39 is 5.41 Å². The number of rotatable bonds is 12. The van der Waals surface area contributed by atoms with E-state index in [0.29, 0.717) is 35.2 Å². The van der Waals surface area contributed by atoms with Crippen molar-refractivity contribution in [2.24, 2.45) is 11.8 Å². The number of aromatic nitrogens is 6. The molecule has 0 aliphatic rings. The molecule has 8 nitrogen and oxygen atoms in total. The predicted molar refractivity (Wildman–Crippen MR) is 171 cm³/mol. The fraction of sp³-hybridized carbons (Fsp3) is 0.486. The van der Waals surface area contributed by atoms with E-state index in [1.165, 1.54) is 0 Å². The van der Waals surface area contributed by atoms with Gasteiger partial charge in [-0.25, -0.2) is 14.6 Å². The van der Waals surface area contributed by atoms with Gasteiger partial charge in [0.1, 0.15) is 6.07 Å². The smallest absolute Gasteiger partial charge is 0.295 e. The second kappa shape index (κ2) is 13.3. The van der Waals surface area contributed by atoms with Crippen molar-refractivity contribution in [3.8, 4) is 17.7 Å². The van der Waals surface area contributed by atoms with Crippen molar-refractivity contribution < 1.29 is 0 Å². The monoisotopic (exact) mass is 576 g/mol. The molecule has 4 atom stereocenters. The van der Waals surface area contributed by atoms with E-state index in [4.69, 9.17) is 16.5 Å². The molecule has 0 fully saturated rings. The van der Waals surface area contributed by atoms with Gasteiger partial charge in [0.25, 0.3) is 5.82 Å². The zero-order valence-electron chi connectivity index (χ0n) is 26.8. The molecule has 0 spiro atoms. The summed E-state index contributed by atoms with van der Waals surface area (Å²) in [5.41, 5.74) is 3.80.